The van der Waals surface area contributed by atoms with Gasteiger partial charge in [0.25, 0.3) is 5.91 Å². The van der Waals surface area contributed by atoms with Crippen molar-refractivity contribution in [3.05, 3.63) is 11.0 Å². The minimum atomic E-state index is -0.550. The maximum atomic E-state index is 11.4. The van der Waals surface area contributed by atoms with Gasteiger partial charge in [-0.2, -0.15) is 4.99 Å². The number of ether oxygens (including phenoxy) is 1. The highest BCUT2D eigenvalue weighted by atomic mass is 32.2. The van der Waals surface area contributed by atoms with Crippen molar-refractivity contribution < 1.29 is 14.3 Å². The zero-order valence-electron chi connectivity index (χ0n) is 7.76. The maximum Gasteiger partial charge on any atom is 0.340 e. The third-order valence-electron chi connectivity index (χ3n) is 1.94. The van der Waals surface area contributed by atoms with Crippen molar-refractivity contribution >= 4 is 35.3 Å². The summed E-state index contributed by atoms with van der Waals surface area (Å²) in [6.07, 6.45) is 0. The largest absolute Gasteiger partial charge is 0.465 e. The van der Waals surface area contributed by atoms with Crippen LogP contribution in [0.4, 0.5) is 0 Å². The van der Waals surface area contributed by atoms with Crippen molar-refractivity contribution in [1.82, 2.24) is 0 Å². The van der Waals surface area contributed by atoms with Gasteiger partial charge in [0.1, 0.15) is 5.25 Å². The number of thioether (sulfide) groups is 1. The van der Waals surface area contributed by atoms with Crippen LogP contribution in [0.15, 0.2) is 21.0 Å². The van der Waals surface area contributed by atoms with Crippen molar-refractivity contribution in [3.63, 3.8) is 0 Å². The first-order valence-electron chi connectivity index (χ1n) is 4.04. The molecule has 2 N–H and O–H groups in total. The van der Waals surface area contributed by atoms with E-state index in [1.54, 1.807) is 5.41 Å². The smallest absolute Gasteiger partial charge is 0.340 e. The molecule has 0 bridgehead atoms. The standard InChI is InChI=1S/C8H7N3O3S/c1-14-7(13)3-2-15-5-4(3)10-8(9)11-6(5)12/h2,5H,1H3,(H2,9,11,12). The molecule has 1 amide bonds. The highest BCUT2D eigenvalue weighted by Gasteiger charge is 2.38. The average Bonchev–Trinajstić information content (AvgIpc) is 2.60. The molecule has 0 fully saturated rings. The van der Waals surface area contributed by atoms with Crippen LogP contribution in [0.5, 0.6) is 0 Å². The summed E-state index contributed by atoms with van der Waals surface area (Å²) in [6.45, 7) is 0. The molecular weight excluding hydrogens is 218 g/mol. The van der Waals surface area contributed by atoms with Crippen LogP contribution in [0.2, 0.25) is 0 Å². The second-order valence-corrected chi connectivity index (χ2v) is 3.82. The van der Waals surface area contributed by atoms with Crippen LogP contribution in [0.25, 0.3) is 0 Å². The zero-order chi connectivity index (χ0) is 11.0. The number of aliphatic imine (C=N–C) groups is 2. The molecule has 1 atom stereocenters. The van der Waals surface area contributed by atoms with Crippen molar-refractivity contribution in [2.45, 2.75) is 5.25 Å². The van der Waals surface area contributed by atoms with Gasteiger partial charge < -0.3 is 10.5 Å². The van der Waals surface area contributed by atoms with Crippen LogP contribution in [0.1, 0.15) is 0 Å². The number of nitrogens with zero attached hydrogens (tertiary/aromatic N) is 2. The number of guanidine groups is 1. The van der Waals surface area contributed by atoms with Crippen LogP contribution < -0.4 is 5.73 Å². The van der Waals surface area contributed by atoms with Gasteiger partial charge in [-0.1, -0.05) is 0 Å². The SMILES string of the molecule is COC(=O)C1=CSC2C(=O)N=C(N)N=C12. The van der Waals surface area contributed by atoms with Crippen LogP contribution >= 0.6 is 11.8 Å². The van der Waals surface area contributed by atoms with Gasteiger partial charge in [0.05, 0.1) is 18.4 Å². The Hall–Kier alpha value is -1.63. The number of carbonyl (C=O) groups is 2. The van der Waals surface area contributed by atoms with E-state index in [9.17, 15) is 9.59 Å². The summed E-state index contributed by atoms with van der Waals surface area (Å²) in [5.41, 5.74) is 5.95. The Balaban J connectivity index is 2.38. The van der Waals surface area contributed by atoms with E-state index in [-0.39, 0.29) is 11.5 Å². The van der Waals surface area contributed by atoms with E-state index in [2.05, 4.69) is 14.7 Å². The van der Waals surface area contributed by atoms with Crippen LogP contribution in [-0.4, -0.2) is 35.9 Å². The van der Waals surface area contributed by atoms with Crippen LogP contribution in [0, 0.1) is 0 Å². The van der Waals surface area contributed by atoms with E-state index < -0.39 is 17.1 Å². The normalized spacial score (nSPS) is 23.9. The van der Waals surface area contributed by atoms with Crippen molar-refractivity contribution in [2.24, 2.45) is 15.7 Å². The molecule has 0 aromatic heterocycles. The summed E-state index contributed by atoms with van der Waals surface area (Å²) >= 11 is 1.18. The van der Waals surface area contributed by atoms with Gasteiger partial charge in [-0.3, -0.25) is 4.79 Å². The second kappa shape index (κ2) is 3.50. The van der Waals surface area contributed by atoms with Crippen molar-refractivity contribution in [3.8, 4) is 0 Å². The van der Waals surface area contributed by atoms with Crippen molar-refractivity contribution in [1.29, 1.82) is 0 Å². The first-order chi connectivity index (χ1) is 7.13. The van der Waals surface area contributed by atoms with Crippen molar-refractivity contribution in [2.75, 3.05) is 7.11 Å². The van der Waals surface area contributed by atoms with E-state index in [4.69, 9.17) is 5.73 Å². The van der Waals surface area contributed by atoms with Gasteiger partial charge in [0.2, 0.25) is 5.96 Å². The summed E-state index contributed by atoms with van der Waals surface area (Å²) in [4.78, 5) is 30.1. The van der Waals surface area contributed by atoms with Gasteiger partial charge in [-0.25, -0.2) is 9.79 Å². The van der Waals surface area contributed by atoms with Gasteiger partial charge in [-0.05, 0) is 5.41 Å². The fourth-order valence-electron chi connectivity index (χ4n) is 1.28. The van der Waals surface area contributed by atoms with Gasteiger partial charge in [0, 0.05) is 0 Å². The third kappa shape index (κ3) is 1.54. The number of methoxy groups -OCH3 is 1. The number of rotatable bonds is 1. The molecule has 0 aliphatic carbocycles. The fraction of sp³-hybridized carbons (Fsp3) is 0.250. The minimum absolute atomic E-state index is 0.122. The van der Waals surface area contributed by atoms with Crippen LogP contribution in [0.3, 0.4) is 0 Å². The molecule has 7 heteroatoms. The molecule has 2 aliphatic rings. The van der Waals surface area contributed by atoms with Gasteiger partial charge >= 0.3 is 5.97 Å². The van der Waals surface area contributed by atoms with E-state index >= 15 is 0 Å². The molecule has 0 saturated heterocycles. The molecule has 0 aromatic carbocycles. The summed E-state index contributed by atoms with van der Waals surface area (Å²) in [6, 6.07) is 0. The molecule has 2 heterocycles. The predicted molar refractivity (Wildman–Crippen MR) is 55.5 cm³/mol. The highest BCUT2D eigenvalue weighted by Crippen LogP contribution is 2.31. The van der Waals surface area contributed by atoms with E-state index in [1.807, 2.05) is 0 Å². The molecule has 0 saturated carbocycles. The Bertz CT molecular complexity index is 438. The lowest BCUT2D eigenvalue weighted by Crippen LogP contribution is -2.33. The summed E-state index contributed by atoms with van der Waals surface area (Å²) in [5.74, 6) is -1.03. The predicted octanol–water partition coefficient (Wildman–Crippen LogP) is -0.545. The molecule has 0 aromatic rings. The summed E-state index contributed by atoms with van der Waals surface area (Å²) in [5, 5.41) is 0.993. The Morgan fingerprint density at radius 3 is 3.00 bits per heavy atom. The number of hydrogen-bond acceptors (Lipinski definition) is 6. The monoisotopic (exact) mass is 225 g/mol. The number of hydrogen-bond donors (Lipinski definition) is 1. The molecule has 0 spiro atoms. The van der Waals surface area contributed by atoms with E-state index in [0.29, 0.717) is 5.71 Å². The Morgan fingerprint density at radius 2 is 2.33 bits per heavy atom. The van der Waals surface area contributed by atoms with Crippen LogP contribution in [-0.2, 0) is 14.3 Å². The average molecular weight is 225 g/mol. The summed E-state index contributed by atoms with van der Waals surface area (Å²) < 4.78 is 4.56. The second-order valence-electron chi connectivity index (χ2n) is 2.84. The molecular formula is C8H7N3O3S. The number of nitrogens with two attached hydrogens (primary N) is 1. The molecule has 2 aliphatic heterocycles. The molecule has 6 nitrogen and oxygen atoms in total. The minimum Gasteiger partial charge on any atom is -0.465 e. The third-order valence-corrected chi connectivity index (χ3v) is 3.00. The molecule has 15 heavy (non-hydrogen) atoms. The molecule has 78 valence electrons. The molecule has 0 radical (unpaired) electrons. The molecule has 2 rings (SSSR count). The quantitative estimate of drug-likeness (QED) is 0.604. The lowest BCUT2D eigenvalue weighted by atomic mass is 10.1. The van der Waals surface area contributed by atoms with E-state index in [1.165, 1.54) is 18.9 Å². The highest BCUT2D eigenvalue weighted by molar-refractivity contribution is 8.04. The van der Waals surface area contributed by atoms with Gasteiger partial charge in [-0.15, -0.1) is 11.8 Å². The zero-order valence-corrected chi connectivity index (χ0v) is 8.58. The Kier molecular flexibility index (Phi) is 2.31. The topological polar surface area (TPSA) is 94.1 Å². The maximum absolute atomic E-state index is 11.4. The number of fused-ring (bicyclic) bond motifs is 1. The fourth-order valence-corrected chi connectivity index (χ4v) is 2.25. The van der Waals surface area contributed by atoms with E-state index in [0.717, 1.165) is 0 Å². The lowest BCUT2D eigenvalue weighted by molar-refractivity contribution is -0.135. The number of carbonyl (C=O) groups excluding carboxylic acids is 2. The van der Waals surface area contributed by atoms with Gasteiger partial charge in [0.15, 0.2) is 0 Å². The molecule has 1 unspecified atom stereocenters. The first-order valence-corrected chi connectivity index (χ1v) is 4.98. The number of esters is 1. The Labute approximate surface area is 89.3 Å². The first kappa shape index (κ1) is 9.91. The summed E-state index contributed by atoms with van der Waals surface area (Å²) in [7, 11) is 1.27. The lowest BCUT2D eigenvalue weighted by Gasteiger charge is -2.12. The Morgan fingerprint density at radius 1 is 1.60 bits per heavy atom. The number of amides is 1.